The van der Waals surface area contributed by atoms with E-state index in [-0.39, 0.29) is 18.9 Å². The van der Waals surface area contributed by atoms with Crippen molar-refractivity contribution < 1.29 is 64.6 Å². The number of aliphatic hydroxyl groups excluding tert-OH is 8. The molecule has 0 aromatic carbocycles. The third-order valence-corrected chi connectivity index (χ3v) is 12.5. The van der Waals surface area contributed by atoms with E-state index in [1.54, 1.807) is 6.08 Å². The quantitative estimate of drug-likeness (QED) is 0.0227. The van der Waals surface area contributed by atoms with Crippen molar-refractivity contribution in [1.29, 1.82) is 0 Å². The van der Waals surface area contributed by atoms with Crippen molar-refractivity contribution in [2.24, 2.45) is 0 Å². The molecular weight excluding hydrogens is 847 g/mol. The number of hydrogen-bond donors (Lipinski definition) is 9. The molecule has 2 saturated heterocycles. The summed E-state index contributed by atoms with van der Waals surface area (Å²) in [4.78, 5) is 13.1. The minimum Gasteiger partial charge on any atom is -0.394 e. The number of unbranched alkanes of at least 4 members (excludes halogenated alkanes) is 20. The number of allylic oxidation sites excluding steroid dienone is 7. The van der Waals surface area contributed by atoms with Crippen LogP contribution in [0.4, 0.5) is 0 Å². The summed E-state index contributed by atoms with van der Waals surface area (Å²) in [5, 5.41) is 86.5. The first kappa shape index (κ1) is 60.1. The summed E-state index contributed by atoms with van der Waals surface area (Å²) >= 11 is 0. The highest BCUT2D eigenvalue weighted by Crippen LogP contribution is 2.30. The van der Waals surface area contributed by atoms with Crippen molar-refractivity contribution in [2.75, 3.05) is 19.8 Å². The van der Waals surface area contributed by atoms with Gasteiger partial charge in [-0.05, 0) is 57.8 Å². The second kappa shape index (κ2) is 38.8. The van der Waals surface area contributed by atoms with Crippen LogP contribution in [0, 0.1) is 0 Å². The molecule has 0 aliphatic carbocycles. The Morgan fingerprint density at radius 1 is 0.545 bits per heavy atom. The molecule has 0 saturated carbocycles. The van der Waals surface area contributed by atoms with E-state index < -0.39 is 86.8 Å². The maximum Gasteiger partial charge on any atom is 0.220 e. The van der Waals surface area contributed by atoms with Crippen LogP contribution in [0.1, 0.15) is 181 Å². The van der Waals surface area contributed by atoms with E-state index in [4.69, 9.17) is 18.9 Å². The molecular formula is C52H93NO13. The molecule has 0 aromatic heterocycles. The molecule has 2 heterocycles. The van der Waals surface area contributed by atoms with Gasteiger partial charge in [-0.3, -0.25) is 4.79 Å². The van der Waals surface area contributed by atoms with Gasteiger partial charge in [0.2, 0.25) is 5.91 Å². The van der Waals surface area contributed by atoms with E-state index in [9.17, 15) is 45.6 Å². The van der Waals surface area contributed by atoms with Gasteiger partial charge in [0, 0.05) is 6.42 Å². The Morgan fingerprint density at radius 3 is 1.53 bits per heavy atom. The summed E-state index contributed by atoms with van der Waals surface area (Å²) in [5.41, 5.74) is 0. The number of aliphatic hydroxyl groups is 8. The lowest BCUT2D eigenvalue weighted by Gasteiger charge is -2.46. The Morgan fingerprint density at radius 2 is 1.00 bits per heavy atom. The van der Waals surface area contributed by atoms with Crippen molar-refractivity contribution in [3.05, 3.63) is 48.6 Å². The van der Waals surface area contributed by atoms with Gasteiger partial charge in [0.25, 0.3) is 0 Å². The van der Waals surface area contributed by atoms with Crippen LogP contribution in [0.5, 0.6) is 0 Å². The third kappa shape index (κ3) is 25.5. The zero-order valence-electron chi connectivity index (χ0n) is 40.7. The monoisotopic (exact) mass is 940 g/mol. The van der Waals surface area contributed by atoms with Crippen LogP contribution in [0.2, 0.25) is 0 Å². The van der Waals surface area contributed by atoms with E-state index in [2.05, 4.69) is 55.6 Å². The second-order valence-corrected chi connectivity index (χ2v) is 18.3. The Kier molecular flexibility index (Phi) is 35.3. The second-order valence-electron chi connectivity index (χ2n) is 18.3. The van der Waals surface area contributed by atoms with E-state index in [0.717, 1.165) is 64.2 Å². The van der Waals surface area contributed by atoms with Gasteiger partial charge >= 0.3 is 0 Å². The molecule has 14 nitrogen and oxygen atoms in total. The molecule has 2 fully saturated rings. The Hall–Kier alpha value is -2.05. The van der Waals surface area contributed by atoms with Crippen LogP contribution in [-0.2, 0) is 23.7 Å². The van der Waals surface area contributed by atoms with Crippen molar-refractivity contribution in [1.82, 2.24) is 5.32 Å². The predicted molar refractivity (Wildman–Crippen MR) is 258 cm³/mol. The topological polar surface area (TPSA) is 228 Å². The fourth-order valence-electron chi connectivity index (χ4n) is 8.24. The van der Waals surface area contributed by atoms with Gasteiger partial charge in [-0.2, -0.15) is 0 Å². The number of amides is 1. The maximum atomic E-state index is 13.1. The molecule has 0 radical (unpaired) electrons. The van der Waals surface area contributed by atoms with Gasteiger partial charge in [-0.1, -0.05) is 165 Å². The van der Waals surface area contributed by atoms with Gasteiger partial charge in [0.15, 0.2) is 12.6 Å². The first-order chi connectivity index (χ1) is 32.1. The van der Waals surface area contributed by atoms with E-state index in [1.807, 2.05) is 6.08 Å². The molecule has 2 aliphatic rings. The van der Waals surface area contributed by atoms with Crippen molar-refractivity contribution in [3.8, 4) is 0 Å². The van der Waals surface area contributed by atoms with Crippen LogP contribution in [0.25, 0.3) is 0 Å². The molecule has 0 spiro atoms. The minimum absolute atomic E-state index is 0.251. The maximum absolute atomic E-state index is 13.1. The Balaban J connectivity index is 1.77. The van der Waals surface area contributed by atoms with Gasteiger partial charge in [-0.15, -0.1) is 0 Å². The van der Waals surface area contributed by atoms with E-state index in [0.29, 0.717) is 6.42 Å². The number of ether oxygens (including phenoxy) is 4. The Bertz CT molecular complexity index is 1290. The Labute approximate surface area is 397 Å². The number of hydrogen-bond acceptors (Lipinski definition) is 13. The summed E-state index contributed by atoms with van der Waals surface area (Å²) in [6.45, 7) is 2.72. The lowest BCUT2D eigenvalue weighted by atomic mass is 9.97. The van der Waals surface area contributed by atoms with Crippen LogP contribution in [0.3, 0.4) is 0 Å². The number of rotatable bonds is 39. The van der Waals surface area contributed by atoms with Gasteiger partial charge < -0.3 is 65.1 Å². The minimum atomic E-state index is -1.79. The molecule has 2 rings (SSSR count). The lowest BCUT2D eigenvalue weighted by molar-refractivity contribution is -0.359. The summed E-state index contributed by atoms with van der Waals surface area (Å²) in [7, 11) is 0. The lowest BCUT2D eigenvalue weighted by Crippen LogP contribution is -2.65. The first-order valence-corrected chi connectivity index (χ1v) is 25.9. The standard InChI is InChI=1S/C52H93NO13/c1-3-5-7-9-11-13-14-15-16-17-18-19-20-21-22-23-24-25-26-28-30-32-34-36-44(57)53-40(41(56)35-33-31-29-27-12-10-8-6-4-2)39-63-51-49(62)47(60)50(43(38-55)65-51)66-52-48(61)46(59)45(58)42(37-54)64-52/h14-15,17-18,20-21,33,35,40-43,45-52,54-56,58-62H,3-13,16,19,22-32,34,36-39H2,1-2H3,(H,53,57)/b15-14-,18-17-,21-20-,35-33+. The zero-order chi connectivity index (χ0) is 48.2. The van der Waals surface area contributed by atoms with Crippen LogP contribution < -0.4 is 5.32 Å². The molecule has 12 unspecified atom stereocenters. The number of carbonyl (C=O) groups is 1. The van der Waals surface area contributed by atoms with Crippen molar-refractivity contribution >= 4 is 5.91 Å². The average Bonchev–Trinajstić information content (AvgIpc) is 3.31. The predicted octanol–water partition coefficient (Wildman–Crippen LogP) is 6.88. The molecule has 12 atom stereocenters. The highest BCUT2D eigenvalue weighted by molar-refractivity contribution is 5.76. The molecule has 66 heavy (non-hydrogen) atoms. The van der Waals surface area contributed by atoms with Crippen molar-refractivity contribution in [2.45, 2.75) is 254 Å². The summed E-state index contributed by atoms with van der Waals surface area (Å²) in [6, 6.07) is -0.917. The fraction of sp³-hybridized carbons (Fsp3) is 0.827. The molecule has 0 bridgehead atoms. The highest BCUT2D eigenvalue weighted by atomic mass is 16.7. The normalized spacial score (nSPS) is 27.2. The molecule has 2 aliphatic heterocycles. The van der Waals surface area contributed by atoms with E-state index >= 15 is 0 Å². The summed E-state index contributed by atoms with van der Waals surface area (Å²) in [5.74, 6) is -0.251. The first-order valence-electron chi connectivity index (χ1n) is 25.9. The summed E-state index contributed by atoms with van der Waals surface area (Å²) in [6.07, 6.45) is 28.8. The molecule has 384 valence electrons. The van der Waals surface area contributed by atoms with Crippen LogP contribution in [-0.4, -0.2) is 140 Å². The van der Waals surface area contributed by atoms with Gasteiger partial charge in [-0.25, -0.2) is 0 Å². The molecule has 1 amide bonds. The van der Waals surface area contributed by atoms with Crippen LogP contribution in [0.15, 0.2) is 48.6 Å². The number of carbonyl (C=O) groups excluding carboxylic acids is 1. The summed E-state index contributed by atoms with van der Waals surface area (Å²) < 4.78 is 22.6. The number of nitrogens with one attached hydrogen (secondary N) is 1. The molecule has 0 aromatic rings. The van der Waals surface area contributed by atoms with Crippen molar-refractivity contribution in [3.63, 3.8) is 0 Å². The molecule has 14 heteroatoms. The molecule has 9 N–H and O–H groups in total. The SMILES string of the molecule is CCCCCCC/C=C\C/C=C\C/C=C\CCCCCCCCCCC(=O)NC(COC1OC(CO)C(OC2OC(CO)C(O)C(O)C2O)C(O)C1O)C(O)/C=C/CCCCCCCCC. The van der Waals surface area contributed by atoms with E-state index in [1.165, 1.54) is 89.9 Å². The smallest absolute Gasteiger partial charge is 0.220 e. The van der Waals surface area contributed by atoms with Gasteiger partial charge in [0.05, 0.1) is 32.0 Å². The van der Waals surface area contributed by atoms with Crippen LogP contribution >= 0.6 is 0 Å². The zero-order valence-corrected chi connectivity index (χ0v) is 40.7. The fourth-order valence-corrected chi connectivity index (χ4v) is 8.24. The largest absolute Gasteiger partial charge is 0.394 e. The highest BCUT2D eigenvalue weighted by Gasteiger charge is 2.51. The third-order valence-electron chi connectivity index (χ3n) is 12.5. The van der Waals surface area contributed by atoms with Gasteiger partial charge in [0.1, 0.15) is 48.8 Å². The average molecular weight is 940 g/mol.